The van der Waals surface area contributed by atoms with Crippen molar-refractivity contribution in [1.82, 2.24) is 9.24 Å². The molecule has 1 aromatic carbocycles. The van der Waals surface area contributed by atoms with Crippen molar-refractivity contribution in [3.8, 4) is 5.69 Å². The van der Waals surface area contributed by atoms with Crippen LogP contribution in [-0.2, 0) is 12.8 Å². The molecule has 27 heavy (non-hydrogen) atoms. The molecule has 2 heterocycles. The summed E-state index contributed by atoms with van der Waals surface area (Å²) in [4.78, 5) is 12.1. The zero-order chi connectivity index (χ0) is 19.1. The number of hydrogen-bond acceptors (Lipinski definition) is 3. The molecule has 5 nitrogen and oxygen atoms in total. The first-order valence-electron chi connectivity index (χ1n) is 9.28. The maximum Gasteiger partial charge on any atom is 0.273 e. The Balaban J connectivity index is 1.73. The van der Waals surface area contributed by atoms with E-state index in [0.29, 0.717) is 5.82 Å². The van der Waals surface area contributed by atoms with Crippen LogP contribution in [0.25, 0.3) is 5.69 Å². The lowest BCUT2D eigenvalue weighted by Gasteiger charge is -2.11. The maximum absolute atomic E-state index is 12.1. The first-order chi connectivity index (χ1) is 12.9. The highest BCUT2D eigenvalue weighted by Gasteiger charge is 2.14. The second-order valence-electron chi connectivity index (χ2n) is 7.32. The Labute approximate surface area is 158 Å². The minimum absolute atomic E-state index is 0.226. The van der Waals surface area contributed by atoms with Gasteiger partial charge < -0.3 is 10.3 Å². The molecule has 0 atom stereocenters. The summed E-state index contributed by atoms with van der Waals surface area (Å²) in [5, 5.41) is 4.32. The highest BCUT2D eigenvalue weighted by Crippen LogP contribution is 2.27. The summed E-state index contributed by atoms with van der Waals surface area (Å²) in [6.45, 7) is 6.00. The Morgan fingerprint density at radius 1 is 1.04 bits per heavy atom. The Morgan fingerprint density at radius 2 is 1.81 bits per heavy atom. The first-order valence-corrected chi connectivity index (χ1v) is 9.28. The van der Waals surface area contributed by atoms with Crippen molar-refractivity contribution in [3.05, 3.63) is 80.4 Å². The third-order valence-electron chi connectivity index (χ3n) is 5.30. The van der Waals surface area contributed by atoms with Crippen LogP contribution in [0.4, 0.5) is 5.82 Å². The number of nitrogen functional groups attached to an aromatic ring is 1. The van der Waals surface area contributed by atoms with Crippen LogP contribution in [-0.4, -0.2) is 15.5 Å². The number of aryl methyl sites for hydroxylation is 4. The molecule has 0 aliphatic heterocycles. The van der Waals surface area contributed by atoms with Crippen LogP contribution in [0, 0.1) is 20.8 Å². The van der Waals surface area contributed by atoms with Crippen molar-refractivity contribution in [3.63, 3.8) is 0 Å². The Morgan fingerprint density at radius 3 is 2.59 bits per heavy atom. The third kappa shape index (κ3) is 3.10. The highest BCUT2D eigenvalue weighted by molar-refractivity contribution is 5.82. The van der Waals surface area contributed by atoms with E-state index in [-0.39, 0.29) is 5.56 Å². The number of aromatic nitrogens is 2. The Bertz CT molecular complexity index is 1120. The van der Waals surface area contributed by atoms with Crippen molar-refractivity contribution >= 4 is 12.0 Å². The molecular weight excluding hydrogens is 336 g/mol. The van der Waals surface area contributed by atoms with Gasteiger partial charge in [-0.05, 0) is 81.0 Å². The van der Waals surface area contributed by atoms with E-state index in [9.17, 15) is 4.79 Å². The van der Waals surface area contributed by atoms with Gasteiger partial charge in [-0.1, -0.05) is 6.07 Å². The molecule has 0 fully saturated rings. The van der Waals surface area contributed by atoms with Crippen molar-refractivity contribution in [2.24, 2.45) is 5.10 Å². The van der Waals surface area contributed by atoms with Crippen molar-refractivity contribution in [2.45, 2.75) is 40.0 Å². The van der Waals surface area contributed by atoms with E-state index in [0.717, 1.165) is 28.9 Å². The number of anilines is 1. The lowest BCUT2D eigenvalue weighted by molar-refractivity contribution is 0.843. The lowest BCUT2D eigenvalue weighted by Crippen LogP contribution is -2.19. The van der Waals surface area contributed by atoms with Gasteiger partial charge in [-0.2, -0.15) is 9.78 Å². The van der Waals surface area contributed by atoms with E-state index in [2.05, 4.69) is 47.8 Å². The Kier molecular flexibility index (Phi) is 4.22. The molecule has 1 aliphatic carbocycles. The van der Waals surface area contributed by atoms with Crippen LogP contribution in [0.1, 0.15) is 40.1 Å². The zero-order valence-corrected chi connectivity index (χ0v) is 16.0. The number of nitrogens with zero attached hydrogens (tertiary/aromatic N) is 3. The van der Waals surface area contributed by atoms with Gasteiger partial charge in [0.15, 0.2) is 0 Å². The van der Waals surface area contributed by atoms with Crippen LogP contribution in [0.2, 0.25) is 0 Å². The van der Waals surface area contributed by atoms with Crippen molar-refractivity contribution < 1.29 is 0 Å². The molecule has 0 saturated heterocycles. The van der Waals surface area contributed by atoms with Gasteiger partial charge in [-0.25, -0.2) is 0 Å². The highest BCUT2D eigenvalue weighted by atomic mass is 16.1. The molecule has 0 spiro atoms. The minimum Gasteiger partial charge on any atom is -0.384 e. The van der Waals surface area contributed by atoms with Crippen molar-refractivity contribution in [1.29, 1.82) is 0 Å². The largest absolute Gasteiger partial charge is 0.384 e. The molecule has 0 amide bonds. The normalized spacial score (nSPS) is 13.4. The molecule has 5 heteroatoms. The molecule has 138 valence electrons. The average molecular weight is 360 g/mol. The monoisotopic (exact) mass is 360 g/mol. The second-order valence-corrected chi connectivity index (χ2v) is 7.32. The second kappa shape index (κ2) is 6.58. The van der Waals surface area contributed by atoms with Gasteiger partial charge in [0.25, 0.3) is 5.56 Å². The SMILES string of the molecule is Cc1cc(N)n(/N=C\c2cc(C)n(-c3ccc4c(c3)CCC4)c2C)c(=O)c1. The molecular formula is C22H24N4O. The summed E-state index contributed by atoms with van der Waals surface area (Å²) in [5.74, 6) is 0.337. The quantitative estimate of drug-likeness (QED) is 0.726. The number of nitrogens with two attached hydrogens (primary N) is 1. The number of benzene rings is 1. The minimum atomic E-state index is -0.226. The standard InChI is InChI=1S/C22H24N4O/c1-14-9-21(23)26(22(27)10-14)24-13-19-11-15(2)25(16(19)3)20-8-7-17-5-4-6-18(17)12-20/h7-13H,4-6,23H2,1-3H3/b24-13-. The van der Waals surface area contributed by atoms with Crippen LogP contribution < -0.4 is 11.3 Å². The fourth-order valence-electron chi connectivity index (χ4n) is 3.98. The summed E-state index contributed by atoms with van der Waals surface area (Å²) in [6.07, 6.45) is 5.29. The van der Waals surface area contributed by atoms with Gasteiger partial charge in [0, 0.05) is 28.7 Å². The van der Waals surface area contributed by atoms with Crippen LogP contribution in [0.5, 0.6) is 0 Å². The first kappa shape index (κ1) is 17.3. The van der Waals surface area contributed by atoms with E-state index in [4.69, 9.17) is 5.73 Å². The lowest BCUT2D eigenvalue weighted by atomic mass is 10.1. The molecule has 4 rings (SSSR count). The average Bonchev–Trinajstić information content (AvgIpc) is 3.17. The molecule has 0 radical (unpaired) electrons. The van der Waals surface area contributed by atoms with Crippen LogP contribution in [0.15, 0.2) is 46.3 Å². The molecule has 0 unspecified atom stereocenters. The van der Waals surface area contributed by atoms with Gasteiger partial charge in [-0.15, -0.1) is 0 Å². The summed E-state index contributed by atoms with van der Waals surface area (Å²) in [7, 11) is 0. The van der Waals surface area contributed by atoms with E-state index in [1.807, 2.05) is 6.92 Å². The topological polar surface area (TPSA) is 65.3 Å². The molecule has 2 aromatic heterocycles. The zero-order valence-electron chi connectivity index (χ0n) is 16.0. The molecule has 3 aromatic rings. The van der Waals surface area contributed by atoms with Gasteiger partial charge in [0.05, 0.1) is 6.21 Å². The van der Waals surface area contributed by atoms with Gasteiger partial charge in [0.1, 0.15) is 5.82 Å². The molecule has 0 bridgehead atoms. The molecule has 0 saturated carbocycles. The Hall–Kier alpha value is -3.08. The van der Waals surface area contributed by atoms with Crippen LogP contribution in [0.3, 0.4) is 0 Å². The number of fused-ring (bicyclic) bond motifs is 1. The summed E-state index contributed by atoms with van der Waals surface area (Å²) >= 11 is 0. The summed E-state index contributed by atoms with van der Waals surface area (Å²) in [5.41, 5.74) is 13.9. The summed E-state index contributed by atoms with van der Waals surface area (Å²) in [6, 6.07) is 12.1. The van der Waals surface area contributed by atoms with Crippen LogP contribution >= 0.6 is 0 Å². The third-order valence-corrected chi connectivity index (χ3v) is 5.30. The van der Waals surface area contributed by atoms with E-state index in [1.165, 1.54) is 40.4 Å². The number of pyridine rings is 1. The number of rotatable bonds is 3. The molecule has 1 aliphatic rings. The number of hydrogen-bond donors (Lipinski definition) is 1. The van der Waals surface area contributed by atoms with E-state index < -0.39 is 0 Å². The fourth-order valence-corrected chi connectivity index (χ4v) is 3.98. The van der Waals surface area contributed by atoms with Gasteiger partial charge in [0.2, 0.25) is 0 Å². The predicted octanol–water partition coefficient (Wildman–Crippen LogP) is 3.52. The fraction of sp³-hybridized carbons (Fsp3) is 0.273. The van der Waals surface area contributed by atoms with E-state index in [1.54, 1.807) is 12.3 Å². The van der Waals surface area contributed by atoms with Crippen molar-refractivity contribution in [2.75, 3.05) is 5.73 Å². The van der Waals surface area contributed by atoms with Gasteiger partial charge >= 0.3 is 0 Å². The summed E-state index contributed by atoms with van der Waals surface area (Å²) < 4.78 is 3.47. The van der Waals surface area contributed by atoms with E-state index >= 15 is 0 Å². The smallest absolute Gasteiger partial charge is 0.273 e. The predicted molar refractivity (Wildman–Crippen MR) is 110 cm³/mol. The van der Waals surface area contributed by atoms with Gasteiger partial charge in [-0.3, -0.25) is 4.79 Å². The maximum atomic E-state index is 12.1. The molecule has 2 N–H and O–H groups in total.